The summed E-state index contributed by atoms with van der Waals surface area (Å²) in [6.07, 6.45) is 3.61. The number of hydrogen-bond donors (Lipinski definition) is 2. The fourth-order valence-corrected chi connectivity index (χ4v) is 5.56. The zero-order chi connectivity index (χ0) is 22.5. The van der Waals surface area contributed by atoms with E-state index in [1.165, 1.54) is 0 Å². The Bertz CT molecular complexity index is 1760. The van der Waals surface area contributed by atoms with Gasteiger partial charge in [0.25, 0.3) is 0 Å². The van der Waals surface area contributed by atoms with Crippen LogP contribution >= 0.6 is 22.7 Å². The largest absolute Gasteiger partial charge is 0.337 e. The molecule has 0 saturated carbocycles. The second kappa shape index (κ2) is 7.72. The molecule has 34 heavy (non-hydrogen) atoms. The third kappa shape index (κ3) is 3.32. The Hall–Kier alpha value is -4.14. The van der Waals surface area contributed by atoms with Crippen LogP contribution in [0.25, 0.3) is 65.3 Å². The summed E-state index contributed by atoms with van der Waals surface area (Å²) in [6.45, 7) is 0. The van der Waals surface area contributed by atoms with Gasteiger partial charge in [-0.05, 0) is 59.7 Å². The zero-order valence-electron chi connectivity index (χ0n) is 17.7. The second-order valence-electron chi connectivity index (χ2n) is 7.85. The third-order valence-electron chi connectivity index (χ3n) is 5.69. The van der Waals surface area contributed by atoms with Crippen molar-refractivity contribution in [3.8, 4) is 43.2 Å². The topological polar surface area (TPSA) is 83.1 Å². The van der Waals surface area contributed by atoms with Crippen molar-refractivity contribution in [1.29, 1.82) is 0 Å². The molecule has 0 atom stereocenters. The first-order valence-electron chi connectivity index (χ1n) is 10.7. The van der Waals surface area contributed by atoms with Gasteiger partial charge >= 0.3 is 0 Å². The number of H-pyrrole nitrogens is 2. The maximum atomic E-state index is 4.82. The van der Waals surface area contributed by atoms with E-state index in [1.54, 1.807) is 28.9 Å². The number of thiophene rings is 1. The normalized spacial score (nSPS) is 11.5. The van der Waals surface area contributed by atoms with Crippen molar-refractivity contribution in [3.63, 3.8) is 0 Å². The molecule has 0 fully saturated rings. The van der Waals surface area contributed by atoms with E-state index >= 15 is 0 Å². The molecule has 0 radical (unpaired) electrons. The van der Waals surface area contributed by atoms with E-state index in [2.05, 4.69) is 67.4 Å². The van der Waals surface area contributed by atoms with E-state index < -0.39 is 0 Å². The predicted octanol–water partition coefficient (Wildman–Crippen LogP) is 7.02. The molecule has 0 bridgehead atoms. The van der Waals surface area contributed by atoms with Gasteiger partial charge in [-0.15, -0.1) is 22.7 Å². The van der Waals surface area contributed by atoms with Crippen molar-refractivity contribution >= 4 is 44.7 Å². The molecular formula is C26H16N6S2. The highest BCUT2D eigenvalue weighted by Gasteiger charge is 2.12. The number of nitrogens with one attached hydrogen (secondary N) is 2. The van der Waals surface area contributed by atoms with Gasteiger partial charge < -0.3 is 9.97 Å². The number of thiazole rings is 1. The molecular weight excluding hydrogens is 460 g/mol. The zero-order valence-corrected chi connectivity index (χ0v) is 19.3. The van der Waals surface area contributed by atoms with Crippen LogP contribution in [0, 0.1) is 0 Å². The summed E-state index contributed by atoms with van der Waals surface area (Å²) in [5, 5.41) is 2.85. The van der Waals surface area contributed by atoms with Gasteiger partial charge in [0, 0.05) is 17.8 Å². The van der Waals surface area contributed by atoms with Crippen LogP contribution in [0.2, 0.25) is 0 Å². The lowest BCUT2D eigenvalue weighted by molar-refractivity contribution is 1.29. The van der Waals surface area contributed by atoms with Crippen molar-refractivity contribution in [2.45, 2.75) is 0 Å². The van der Waals surface area contributed by atoms with Crippen LogP contribution in [0.3, 0.4) is 0 Å². The first-order valence-corrected chi connectivity index (χ1v) is 12.4. The van der Waals surface area contributed by atoms with E-state index in [1.807, 2.05) is 35.8 Å². The minimum Gasteiger partial charge on any atom is -0.337 e. The fourth-order valence-electron chi connectivity index (χ4n) is 4.05. The molecule has 2 aromatic carbocycles. The van der Waals surface area contributed by atoms with Gasteiger partial charge in [0.15, 0.2) is 10.8 Å². The maximum absolute atomic E-state index is 4.82. The standard InChI is InChI=1S/C26H16N6S2/c1-2-10-27-19(3-1)22-8-9-23(34-22)24-29-17-6-4-15(13-20(17)31-24)16-5-7-18-21(14-16)32-25(30-18)26-28-11-12-33-26/h1-14H,(H,29,31)(H,30,32). The summed E-state index contributed by atoms with van der Waals surface area (Å²) in [7, 11) is 0. The Balaban J connectivity index is 1.23. The van der Waals surface area contributed by atoms with Gasteiger partial charge in [0.05, 0.1) is 37.5 Å². The molecule has 0 saturated heterocycles. The molecule has 162 valence electrons. The van der Waals surface area contributed by atoms with Crippen LogP contribution in [0.15, 0.2) is 84.5 Å². The SMILES string of the molecule is c1ccc(-c2ccc(-c3nc4ccc(-c5ccc6nc(-c7nccs7)[nH]c6c5)cc4[nH]3)s2)nc1. The molecule has 2 N–H and O–H groups in total. The quantitative estimate of drug-likeness (QED) is 0.286. The van der Waals surface area contributed by atoms with Crippen LogP contribution in [0.5, 0.6) is 0 Å². The maximum Gasteiger partial charge on any atom is 0.167 e. The highest BCUT2D eigenvalue weighted by atomic mass is 32.1. The summed E-state index contributed by atoms with van der Waals surface area (Å²) >= 11 is 3.26. The van der Waals surface area contributed by atoms with Gasteiger partial charge in [-0.25, -0.2) is 15.0 Å². The Morgan fingerprint density at radius 2 is 1.38 bits per heavy atom. The predicted molar refractivity (Wildman–Crippen MR) is 139 cm³/mol. The van der Waals surface area contributed by atoms with Gasteiger partial charge in [0.1, 0.15) is 5.82 Å². The number of fused-ring (bicyclic) bond motifs is 2. The lowest BCUT2D eigenvalue weighted by Gasteiger charge is -2.01. The molecule has 7 aromatic rings. The van der Waals surface area contributed by atoms with E-state index in [4.69, 9.17) is 4.98 Å². The van der Waals surface area contributed by atoms with Crippen LogP contribution in [-0.4, -0.2) is 29.9 Å². The molecule has 0 unspecified atom stereocenters. The highest BCUT2D eigenvalue weighted by Crippen LogP contribution is 2.34. The van der Waals surface area contributed by atoms with Crippen molar-refractivity contribution in [2.75, 3.05) is 0 Å². The number of aromatic amines is 2. The number of rotatable bonds is 4. The first kappa shape index (κ1) is 19.3. The van der Waals surface area contributed by atoms with Crippen molar-refractivity contribution < 1.29 is 0 Å². The van der Waals surface area contributed by atoms with E-state index in [0.29, 0.717) is 0 Å². The van der Waals surface area contributed by atoms with Crippen LogP contribution < -0.4 is 0 Å². The van der Waals surface area contributed by atoms with Crippen molar-refractivity contribution in [3.05, 3.63) is 84.5 Å². The van der Waals surface area contributed by atoms with Crippen LogP contribution in [0.4, 0.5) is 0 Å². The monoisotopic (exact) mass is 476 g/mol. The summed E-state index contributed by atoms with van der Waals surface area (Å²) in [5.74, 6) is 1.67. The average Bonchev–Trinajstić information content (AvgIpc) is 3.68. The van der Waals surface area contributed by atoms with Gasteiger partial charge in [-0.1, -0.05) is 18.2 Å². The van der Waals surface area contributed by atoms with Gasteiger partial charge in [-0.2, -0.15) is 0 Å². The number of nitrogens with zero attached hydrogens (tertiary/aromatic N) is 4. The smallest absolute Gasteiger partial charge is 0.167 e. The lowest BCUT2D eigenvalue weighted by Crippen LogP contribution is -1.79. The summed E-state index contributed by atoms with van der Waals surface area (Å²) in [5.41, 5.74) is 7.09. The van der Waals surface area contributed by atoms with E-state index in [9.17, 15) is 0 Å². The highest BCUT2D eigenvalue weighted by molar-refractivity contribution is 7.18. The number of pyridine rings is 1. The summed E-state index contributed by atoms with van der Waals surface area (Å²) in [6, 6.07) is 22.8. The fraction of sp³-hybridized carbons (Fsp3) is 0. The Kier molecular flexibility index (Phi) is 4.39. The van der Waals surface area contributed by atoms with Crippen LogP contribution in [-0.2, 0) is 0 Å². The molecule has 6 nitrogen and oxygen atoms in total. The number of imidazole rings is 2. The molecule has 0 aliphatic rings. The number of benzene rings is 2. The van der Waals surface area contributed by atoms with E-state index in [-0.39, 0.29) is 0 Å². The molecule has 0 aliphatic carbocycles. The minimum atomic E-state index is 0.803. The molecule has 5 aromatic heterocycles. The Labute approximate surface area is 202 Å². The van der Waals surface area contributed by atoms with Gasteiger partial charge in [-0.3, -0.25) is 4.98 Å². The summed E-state index contributed by atoms with van der Waals surface area (Å²) < 4.78 is 0. The van der Waals surface area contributed by atoms with Gasteiger partial charge in [0.2, 0.25) is 0 Å². The van der Waals surface area contributed by atoms with E-state index in [0.717, 1.165) is 65.3 Å². The number of hydrogen-bond acceptors (Lipinski definition) is 6. The molecule has 0 amide bonds. The van der Waals surface area contributed by atoms with Crippen molar-refractivity contribution in [2.24, 2.45) is 0 Å². The first-order chi connectivity index (χ1) is 16.8. The minimum absolute atomic E-state index is 0.803. The second-order valence-corrected chi connectivity index (χ2v) is 9.83. The molecule has 0 spiro atoms. The molecule has 8 heteroatoms. The Morgan fingerprint density at radius 3 is 2.09 bits per heavy atom. The molecule has 5 heterocycles. The Morgan fingerprint density at radius 1 is 0.647 bits per heavy atom. The van der Waals surface area contributed by atoms with Crippen molar-refractivity contribution in [1.82, 2.24) is 29.9 Å². The lowest BCUT2D eigenvalue weighted by atomic mass is 10.0. The third-order valence-corrected chi connectivity index (χ3v) is 7.58. The summed E-state index contributed by atoms with van der Waals surface area (Å²) in [4.78, 5) is 27.4. The van der Waals surface area contributed by atoms with Crippen LogP contribution in [0.1, 0.15) is 0 Å². The molecule has 0 aliphatic heterocycles. The average molecular weight is 477 g/mol. The number of aromatic nitrogens is 6. The molecule has 7 rings (SSSR count).